The smallest absolute Gasteiger partial charge is 0.337 e. The Hall–Kier alpha value is -1.71. The highest BCUT2D eigenvalue weighted by molar-refractivity contribution is 5.95. The van der Waals surface area contributed by atoms with E-state index >= 15 is 0 Å². The van der Waals surface area contributed by atoms with Crippen molar-refractivity contribution in [1.29, 1.82) is 0 Å². The summed E-state index contributed by atoms with van der Waals surface area (Å²) >= 11 is 0. The van der Waals surface area contributed by atoms with Crippen molar-refractivity contribution in [2.45, 2.75) is 33.2 Å². The molecule has 17 heavy (non-hydrogen) atoms. The van der Waals surface area contributed by atoms with E-state index in [9.17, 15) is 4.79 Å². The SMILES string of the molecule is CC(C)CC(C)Nc1cc(N)ccc1C(=O)O. The molecule has 4 nitrogen and oxygen atoms in total. The van der Waals surface area contributed by atoms with Crippen LogP contribution in [0.15, 0.2) is 18.2 Å². The predicted octanol–water partition coefficient (Wildman–Crippen LogP) is 2.81. The minimum Gasteiger partial charge on any atom is -0.478 e. The van der Waals surface area contributed by atoms with Crippen molar-refractivity contribution < 1.29 is 9.90 Å². The quantitative estimate of drug-likeness (QED) is 0.687. The normalized spacial score (nSPS) is 12.5. The molecule has 0 spiro atoms. The van der Waals surface area contributed by atoms with E-state index in [1.54, 1.807) is 12.1 Å². The molecule has 0 aliphatic rings. The Balaban J connectivity index is 2.88. The molecule has 1 aromatic carbocycles. The molecule has 0 aliphatic carbocycles. The molecule has 0 aliphatic heterocycles. The van der Waals surface area contributed by atoms with Crippen LogP contribution in [0.1, 0.15) is 37.6 Å². The average molecular weight is 236 g/mol. The third kappa shape index (κ3) is 3.98. The Morgan fingerprint density at radius 2 is 2.06 bits per heavy atom. The summed E-state index contributed by atoms with van der Waals surface area (Å²) in [6.07, 6.45) is 0.980. The van der Waals surface area contributed by atoms with E-state index in [2.05, 4.69) is 19.2 Å². The van der Waals surface area contributed by atoms with Crippen molar-refractivity contribution >= 4 is 17.3 Å². The Morgan fingerprint density at radius 1 is 1.41 bits per heavy atom. The Kier molecular flexibility index (Phi) is 4.37. The minimum absolute atomic E-state index is 0.217. The number of anilines is 2. The molecule has 0 heterocycles. The minimum atomic E-state index is -0.941. The lowest BCUT2D eigenvalue weighted by atomic mass is 10.0. The second-order valence-electron chi connectivity index (χ2n) is 4.79. The van der Waals surface area contributed by atoms with Crippen LogP contribution in [0.2, 0.25) is 0 Å². The predicted molar refractivity (Wildman–Crippen MR) is 70.4 cm³/mol. The zero-order chi connectivity index (χ0) is 13.0. The summed E-state index contributed by atoms with van der Waals surface area (Å²) in [7, 11) is 0. The highest BCUT2D eigenvalue weighted by atomic mass is 16.4. The number of aromatic carboxylic acids is 1. The van der Waals surface area contributed by atoms with Crippen molar-refractivity contribution in [2.24, 2.45) is 5.92 Å². The van der Waals surface area contributed by atoms with Crippen LogP contribution in [0, 0.1) is 5.92 Å². The van der Waals surface area contributed by atoms with Gasteiger partial charge in [-0.3, -0.25) is 0 Å². The highest BCUT2D eigenvalue weighted by Gasteiger charge is 2.12. The first-order valence-electron chi connectivity index (χ1n) is 5.79. The fourth-order valence-corrected chi connectivity index (χ4v) is 1.90. The molecule has 4 heteroatoms. The molecule has 1 rings (SSSR count). The van der Waals surface area contributed by atoms with Gasteiger partial charge in [-0.15, -0.1) is 0 Å². The van der Waals surface area contributed by atoms with Gasteiger partial charge in [-0.1, -0.05) is 13.8 Å². The van der Waals surface area contributed by atoms with Crippen LogP contribution in [0.25, 0.3) is 0 Å². The van der Waals surface area contributed by atoms with Crippen LogP contribution in [-0.2, 0) is 0 Å². The summed E-state index contributed by atoms with van der Waals surface area (Å²) < 4.78 is 0. The maximum atomic E-state index is 11.1. The van der Waals surface area contributed by atoms with Crippen molar-refractivity contribution in [2.75, 3.05) is 11.1 Å². The number of carbonyl (C=O) groups is 1. The van der Waals surface area contributed by atoms with E-state index in [-0.39, 0.29) is 11.6 Å². The summed E-state index contributed by atoms with van der Waals surface area (Å²) in [5, 5.41) is 12.3. The molecule has 1 unspecified atom stereocenters. The van der Waals surface area contributed by atoms with Crippen molar-refractivity contribution in [3.8, 4) is 0 Å². The zero-order valence-electron chi connectivity index (χ0n) is 10.5. The van der Waals surface area contributed by atoms with Gasteiger partial charge in [0, 0.05) is 11.7 Å². The fraction of sp³-hybridized carbons (Fsp3) is 0.462. The van der Waals surface area contributed by atoms with Crippen LogP contribution in [0.5, 0.6) is 0 Å². The van der Waals surface area contributed by atoms with Crippen molar-refractivity contribution in [3.05, 3.63) is 23.8 Å². The van der Waals surface area contributed by atoms with E-state index < -0.39 is 5.97 Å². The van der Waals surface area contributed by atoms with Gasteiger partial charge in [0.15, 0.2) is 0 Å². The van der Waals surface area contributed by atoms with Crippen LogP contribution in [0.4, 0.5) is 11.4 Å². The van der Waals surface area contributed by atoms with Gasteiger partial charge in [0.1, 0.15) is 0 Å². The van der Waals surface area contributed by atoms with Gasteiger partial charge in [-0.05, 0) is 37.5 Å². The summed E-state index contributed by atoms with van der Waals surface area (Å²) in [4.78, 5) is 11.1. The zero-order valence-corrected chi connectivity index (χ0v) is 10.5. The topological polar surface area (TPSA) is 75.3 Å². The van der Waals surface area contributed by atoms with Crippen molar-refractivity contribution in [3.63, 3.8) is 0 Å². The van der Waals surface area contributed by atoms with E-state index in [1.807, 2.05) is 6.92 Å². The second kappa shape index (κ2) is 5.57. The standard InChI is InChI=1S/C13H20N2O2/c1-8(2)6-9(3)15-12-7-10(14)4-5-11(12)13(16)17/h4-5,7-9,15H,6,14H2,1-3H3,(H,16,17). The first kappa shape index (κ1) is 13.4. The van der Waals surface area contributed by atoms with E-state index in [4.69, 9.17) is 10.8 Å². The molecule has 94 valence electrons. The first-order chi connectivity index (χ1) is 7.90. The molecule has 0 saturated carbocycles. The number of nitrogens with one attached hydrogen (secondary N) is 1. The largest absolute Gasteiger partial charge is 0.478 e. The number of carboxylic acid groups (broad SMARTS) is 1. The highest BCUT2D eigenvalue weighted by Crippen LogP contribution is 2.21. The molecule has 1 atom stereocenters. The third-order valence-electron chi connectivity index (χ3n) is 2.50. The maximum absolute atomic E-state index is 11.1. The molecule has 0 bridgehead atoms. The fourth-order valence-electron chi connectivity index (χ4n) is 1.90. The molecule has 4 N–H and O–H groups in total. The van der Waals surface area contributed by atoms with Crippen LogP contribution >= 0.6 is 0 Å². The molecule has 0 aromatic heterocycles. The Labute approximate surface area is 102 Å². The van der Waals surface area contributed by atoms with Crippen LogP contribution in [-0.4, -0.2) is 17.1 Å². The molecule has 1 aromatic rings. The second-order valence-corrected chi connectivity index (χ2v) is 4.79. The van der Waals surface area contributed by atoms with Gasteiger partial charge in [0.2, 0.25) is 0 Å². The van der Waals surface area contributed by atoms with Crippen molar-refractivity contribution in [1.82, 2.24) is 0 Å². The van der Waals surface area contributed by atoms with Crippen LogP contribution < -0.4 is 11.1 Å². The lowest BCUT2D eigenvalue weighted by Crippen LogP contribution is -2.19. The summed E-state index contributed by atoms with van der Waals surface area (Å²) in [6.45, 7) is 6.31. The molecule has 0 saturated heterocycles. The summed E-state index contributed by atoms with van der Waals surface area (Å²) in [5.41, 5.74) is 7.08. The van der Waals surface area contributed by atoms with E-state index in [1.165, 1.54) is 6.07 Å². The van der Waals surface area contributed by atoms with Gasteiger partial charge in [0.25, 0.3) is 0 Å². The maximum Gasteiger partial charge on any atom is 0.337 e. The number of hydrogen-bond acceptors (Lipinski definition) is 3. The summed E-state index contributed by atoms with van der Waals surface area (Å²) in [5.74, 6) is -0.379. The number of carboxylic acids is 1. The Bertz CT molecular complexity index is 402. The van der Waals surface area contributed by atoms with Gasteiger partial charge < -0.3 is 16.2 Å². The van der Waals surface area contributed by atoms with E-state index in [0.717, 1.165) is 6.42 Å². The van der Waals surface area contributed by atoms with E-state index in [0.29, 0.717) is 17.3 Å². The van der Waals surface area contributed by atoms with Gasteiger partial charge >= 0.3 is 5.97 Å². The Morgan fingerprint density at radius 3 is 2.59 bits per heavy atom. The first-order valence-corrected chi connectivity index (χ1v) is 5.79. The number of nitrogens with two attached hydrogens (primary N) is 1. The molecular weight excluding hydrogens is 216 g/mol. The number of benzene rings is 1. The number of hydrogen-bond donors (Lipinski definition) is 3. The lowest BCUT2D eigenvalue weighted by Gasteiger charge is -2.19. The van der Waals surface area contributed by atoms with Gasteiger partial charge in [-0.2, -0.15) is 0 Å². The average Bonchev–Trinajstić information content (AvgIpc) is 2.15. The number of nitrogen functional groups attached to an aromatic ring is 1. The number of rotatable bonds is 5. The van der Waals surface area contributed by atoms with Crippen LogP contribution in [0.3, 0.4) is 0 Å². The molecular formula is C13H20N2O2. The molecule has 0 radical (unpaired) electrons. The lowest BCUT2D eigenvalue weighted by molar-refractivity contribution is 0.0698. The van der Waals surface area contributed by atoms with Gasteiger partial charge in [-0.25, -0.2) is 4.79 Å². The summed E-state index contributed by atoms with van der Waals surface area (Å²) in [6, 6.07) is 5.01. The third-order valence-corrected chi connectivity index (χ3v) is 2.50. The molecule has 0 fully saturated rings. The van der Waals surface area contributed by atoms with Gasteiger partial charge in [0.05, 0.1) is 11.3 Å². The monoisotopic (exact) mass is 236 g/mol. The molecule has 0 amide bonds.